The molecular weight excluding hydrogens is 421 g/mol. The molecule has 0 aromatic heterocycles. The van der Waals surface area contributed by atoms with E-state index in [1.54, 1.807) is 6.07 Å². The largest absolute Gasteiger partial charge is 0.416 e. The molecular formula is C24H15F3N2OS. The number of hydrogen-bond donors (Lipinski definition) is 2. The predicted molar refractivity (Wildman–Crippen MR) is 116 cm³/mol. The Morgan fingerprint density at radius 1 is 0.839 bits per heavy atom. The number of alkyl halides is 3. The number of thiocarbonyl (C=S) groups is 1. The van der Waals surface area contributed by atoms with E-state index in [0.29, 0.717) is 27.5 Å². The summed E-state index contributed by atoms with van der Waals surface area (Å²) in [4.78, 5) is 13.1. The lowest BCUT2D eigenvalue weighted by Crippen LogP contribution is -2.43. The van der Waals surface area contributed by atoms with Crippen molar-refractivity contribution in [1.29, 1.82) is 0 Å². The lowest BCUT2D eigenvalue weighted by atomic mass is 9.92. The predicted octanol–water partition coefficient (Wildman–Crippen LogP) is 5.50. The molecule has 31 heavy (non-hydrogen) atoms. The van der Waals surface area contributed by atoms with Gasteiger partial charge in [-0.25, -0.2) is 0 Å². The normalized spacial score (nSPS) is 17.7. The van der Waals surface area contributed by atoms with Crippen LogP contribution in [0.4, 0.5) is 13.2 Å². The minimum Gasteiger partial charge on any atom is -0.351 e. The van der Waals surface area contributed by atoms with Gasteiger partial charge in [0, 0.05) is 11.1 Å². The quantitative estimate of drug-likeness (QED) is 0.521. The van der Waals surface area contributed by atoms with Crippen LogP contribution in [0.15, 0.2) is 78.4 Å². The summed E-state index contributed by atoms with van der Waals surface area (Å²) in [5.41, 5.74) is 4.24. The number of rotatable bonds is 2. The van der Waals surface area contributed by atoms with Crippen LogP contribution in [0.25, 0.3) is 16.8 Å². The maximum absolute atomic E-state index is 13.1. The molecule has 0 fully saturated rings. The van der Waals surface area contributed by atoms with Crippen molar-refractivity contribution >= 4 is 28.8 Å². The Hall–Kier alpha value is -3.45. The van der Waals surface area contributed by atoms with E-state index in [2.05, 4.69) is 10.6 Å². The number of carbonyl (C=O) groups is 1. The maximum Gasteiger partial charge on any atom is 0.416 e. The van der Waals surface area contributed by atoms with Crippen LogP contribution in [-0.4, -0.2) is 10.9 Å². The van der Waals surface area contributed by atoms with E-state index in [1.807, 2.05) is 42.5 Å². The summed E-state index contributed by atoms with van der Waals surface area (Å²) in [6.45, 7) is 0. The Kier molecular flexibility index (Phi) is 4.44. The van der Waals surface area contributed by atoms with Crippen molar-refractivity contribution < 1.29 is 18.0 Å². The number of halogens is 3. The van der Waals surface area contributed by atoms with Crippen molar-refractivity contribution in [3.8, 4) is 11.1 Å². The van der Waals surface area contributed by atoms with Gasteiger partial charge in [0.15, 0.2) is 10.9 Å². The Balaban J connectivity index is 1.55. The summed E-state index contributed by atoms with van der Waals surface area (Å²) in [6.07, 6.45) is -4.38. The Morgan fingerprint density at radius 2 is 1.55 bits per heavy atom. The van der Waals surface area contributed by atoms with Crippen LogP contribution in [0.5, 0.6) is 0 Å². The fourth-order valence-corrected chi connectivity index (χ4v) is 4.29. The van der Waals surface area contributed by atoms with Crippen molar-refractivity contribution in [3.05, 3.63) is 101 Å². The summed E-state index contributed by atoms with van der Waals surface area (Å²) < 4.78 is 38.6. The molecule has 0 amide bonds. The number of benzene rings is 3. The highest BCUT2D eigenvalue weighted by Gasteiger charge is 2.38. The molecule has 3 nitrogen and oxygen atoms in total. The monoisotopic (exact) mass is 436 g/mol. The molecule has 3 aromatic carbocycles. The number of carbonyl (C=O) groups excluding carboxylic acids is 1. The minimum absolute atomic E-state index is 0.0713. The van der Waals surface area contributed by atoms with Crippen LogP contribution in [-0.2, 0) is 6.18 Å². The van der Waals surface area contributed by atoms with Crippen molar-refractivity contribution in [2.75, 3.05) is 0 Å². The van der Waals surface area contributed by atoms with Gasteiger partial charge >= 0.3 is 6.18 Å². The summed E-state index contributed by atoms with van der Waals surface area (Å²) in [7, 11) is 0. The maximum atomic E-state index is 13.1. The highest BCUT2D eigenvalue weighted by atomic mass is 32.1. The summed E-state index contributed by atoms with van der Waals surface area (Å²) in [6, 6.07) is 19.3. The molecule has 0 saturated carbocycles. The fourth-order valence-electron chi connectivity index (χ4n) is 4.07. The first-order valence-electron chi connectivity index (χ1n) is 9.56. The third-order valence-electron chi connectivity index (χ3n) is 5.52. The van der Waals surface area contributed by atoms with Gasteiger partial charge in [-0.2, -0.15) is 13.2 Å². The first-order chi connectivity index (χ1) is 14.8. The smallest absolute Gasteiger partial charge is 0.351 e. The second kappa shape index (κ2) is 7.06. The summed E-state index contributed by atoms with van der Waals surface area (Å²) in [5.74, 6) is -0.0713. The zero-order chi connectivity index (χ0) is 21.8. The number of fused-ring (bicyclic) bond motifs is 2. The SMILES string of the molecule is O=C1C2=C(NC(=S)NC2c2cccc(-c3ccc(C(F)(F)F)cc3)c2)c2ccccc21. The van der Waals surface area contributed by atoms with Gasteiger partial charge in [0.25, 0.3) is 0 Å². The van der Waals surface area contributed by atoms with Gasteiger partial charge in [-0.05, 0) is 47.1 Å². The Bertz CT molecular complexity index is 1260. The van der Waals surface area contributed by atoms with Crippen LogP contribution in [0, 0.1) is 0 Å². The molecule has 1 heterocycles. The number of nitrogens with one attached hydrogen (secondary N) is 2. The molecule has 0 bridgehead atoms. The van der Waals surface area contributed by atoms with Crippen molar-refractivity contribution in [3.63, 3.8) is 0 Å². The van der Waals surface area contributed by atoms with Crippen molar-refractivity contribution in [1.82, 2.24) is 10.6 Å². The number of hydrogen-bond acceptors (Lipinski definition) is 2. The summed E-state index contributed by atoms with van der Waals surface area (Å²) in [5, 5.41) is 6.68. The van der Waals surface area contributed by atoms with Gasteiger partial charge < -0.3 is 10.6 Å². The molecule has 0 saturated heterocycles. The highest BCUT2D eigenvalue weighted by Crippen LogP contribution is 2.40. The molecule has 154 valence electrons. The van der Waals surface area contributed by atoms with Crippen LogP contribution in [0.2, 0.25) is 0 Å². The van der Waals surface area contributed by atoms with E-state index in [4.69, 9.17) is 12.2 Å². The second-order valence-corrected chi connectivity index (χ2v) is 7.80. The zero-order valence-electron chi connectivity index (χ0n) is 16.0. The molecule has 1 aliphatic carbocycles. The van der Waals surface area contributed by atoms with Crippen molar-refractivity contribution in [2.24, 2.45) is 0 Å². The lowest BCUT2D eigenvalue weighted by molar-refractivity contribution is -0.137. The van der Waals surface area contributed by atoms with E-state index in [-0.39, 0.29) is 5.78 Å². The van der Waals surface area contributed by atoms with Gasteiger partial charge in [0.05, 0.1) is 22.9 Å². The van der Waals surface area contributed by atoms with Crippen molar-refractivity contribution in [2.45, 2.75) is 12.2 Å². The molecule has 0 spiro atoms. The van der Waals surface area contributed by atoms with E-state index < -0.39 is 17.8 Å². The van der Waals surface area contributed by atoms with Gasteiger partial charge in [0.2, 0.25) is 0 Å². The molecule has 1 aliphatic heterocycles. The molecule has 5 rings (SSSR count). The van der Waals surface area contributed by atoms with Gasteiger partial charge in [0.1, 0.15) is 0 Å². The third-order valence-corrected chi connectivity index (χ3v) is 5.74. The third kappa shape index (κ3) is 3.31. The standard InChI is InChI=1S/C24H15F3N2OS/c25-24(26,27)16-10-8-13(9-11-16)14-4-3-5-15(12-14)20-19-21(29-23(31)28-20)17-6-1-2-7-18(17)22(19)30/h1-12,20H,(H2,28,29,31). The topological polar surface area (TPSA) is 41.1 Å². The zero-order valence-corrected chi connectivity index (χ0v) is 16.8. The van der Waals surface area contributed by atoms with Gasteiger partial charge in [-0.3, -0.25) is 4.79 Å². The first kappa shape index (κ1) is 19.5. The van der Waals surface area contributed by atoms with Crippen LogP contribution >= 0.6 is 12.2 Å². The van der Waals surface area contributed by atoms with Crippen LogP contribution in [0.3, 0.4) is 0 Å². The van der Waals surface area contributed by atoms with Gasteiger partial charge in [-0.1, -0.05) is 54.6 Å². The second-order valence-electron chi connectivity index (χ2n) is 7.40. The average molecular weight is 436 g/mol. The van der Waals surface area contributed by atoms with E-state index >= 15 is 0 Å². The number of ketones is 1. The summed E-state index contributed by atoms with van der Waals surface area (Å²) >= 11 is 5.38. The first-order valence-corrected chi connectivity index (χ1v) is 9.97. The highest BCUT2D eigenvalue weighted by molar-refractivity contribution is 7.80. The minimum atomic E-state index is -4.38. The molecule has 2 N–H and O–H groups in total. The van der Waals surface area contributed by atoms with Crippen LogP contribution in [0.1, 0.15) is 33.1 Å². The lowest BCUT2D eigenvalue weighted by Gasteiger charge is -2.28. The molecule has 7 heteroatoms. The van der Waals surface area contributed by atoms with Crippen LogP contribution < -0.4 is 10.6 Å². The van der Waals surface area contributed by atoms with Gasteiger partial charge in [-0.15, -0.1) is 0 Å². The average Bonchev–Trinajstić information content (AvgIpc) is 3.05. The molecule has 1 unspecified atom stereocenters. The number of Topliss-reactive ketones (excluding diaryl/α,β-unsaturated/α-hetero) is 1. The molecule has 1 atom stereocenters. The Labute approximate surface area is 181 Å². The fraction of sp³-hybridized carbons (Fsp3) is 0.0833. The van der Waals surface area contributed by atoms with E-state index in [1.165, 1.54) is 12.1 Å². The Morgan fingerprint density at radius 3 is 2.26 bits per heavy atom. The molecule has 2 aliphatic rings. The molecule has 0 radical (unpaired) electrons. The van der Waals surface area contributed by atoms with E-state index in [9.17, 15) is 18.0 Å². The van der Waals surface area contributed by atoms with E-state index in [0.717, 1.165) is 28.8 Å². The molecule has 3 aromatic rings.